The first-order chi connectivity index (χ1) is 10.7. The summed E-state index contributed by atoms with van der Waals surface area (Å²) >= 11 is 0. The van der Waals surface area contributed by atoms with Crippen molar-refractivity contribution in [2.24, 2.45) is 5.41 Å². The van der Waals surface area contributed by atoms with E-state index >= 15 is 0 Å². The molecule has 0 fully saturated rings. The Bertz CT molecular complexity index is 629. The number of nitrogens with zero attached hydrogens (tertiary/aromatic N) is 2. The van der Waals surface area contributed by atoms with Gasteiger partial charge in [0.15, 0.2) is 0 Å². The molecular formula is C17H22N2O4. The van der Waals surface area contributed by atoms with E-state index in [2.05, 4.69) is 0 Å². The van der Waals surface area contributed by atoms with Crippen molar-refractivity contribution in [1.29, 1.82) is 0 Å². The Kier molecular flexibility index (Phi) is 4.54. The van der Waals surface area contributed by atoms with Crippen LogP contribution in [0.15, 0.2) is 23.3 Å². The second-order valence-electron chi connectivity index (χ2n) is 6.40. The molecule has 0 aromatic rings. The summed E-state index contributed by atoms with van der Waals surface area (Å²) in [5, 5.41) is 0. The number of hydrogen-bond donors (Lipinski definition) is 0. The fourth-order valence-electron chi connectivity index (χ4n) is 2.93. The van der Waals surface area contributed by atoms with Crippen molar-refractivity contribution in [2.75, 3.05) is 13.1 Å². The Hall–Kier alpha value is -2.24. The highest BCUT2D eigenvalue weighted by atomic mass is 16.2. The lowest BCUT2D eigenvalue weighted by atomic mass is 9.79. The maximum Gasteiger partial charge on any atom is 0.257 e. The van der Waals surface area contributed by atoms with Crippen LogP contribution in [0.3, 0.4) is 0 Å². The molecule has 1 unspecified atom stereocenters. The first-order valence-electron chi connectivity index (χ1n) is 7.83. The molecule has 124 valence electrons. The molecule has 2 aliphatic rings. The fraction of sp³-hybridized carbons (Fsp3) is 0.529. The minimum atomic E-state index is -0.451. The Balaban J connectivity index is 2.22. The summed E-state index contributed by atoms with van der Waals surface area (Å²) in [7, 11) is 0. The molecule has 0 spiro atoms. The van der Waals surface area contributed by atoms with Crippen LogP contribution in [-0.2, 0) is 19.2 Å². The van der Waals surface area contributed by atoms with Crippen LogP contribution in [0, 0.1) is 5.41 Å². The van der Waals surface area contributed by atoms with Crippen LogP contribution in [0.2, 0.25) is 0 Å². The molecule has 0 saturated heterocycles. The molecule has 6 nitrogen and oxygen atoms in total. The van der Waals surface area contributed by atoms with Crippen molar-refractivity contribution in [3.05, 3.63) is 23.3 Å². The van der Waals surface area contributed by atoms with Gasteiger partial charge in [0, 0.05) is 36.4 Å². The maximum atomic E-state index is 12.4. The van der Waals surface area contributed by atoms with E-state index in [9.17, 15) is 19.2 Å². The van der Waals surface area contributed by atoms with E-state index in [0.717, 1.165) is 0 Å². The third kappa shape index (κ3) is 2.98. The summed E-state index contributed by atoms with van der Waals surface area (Å²) in [6.07, 6.45) is 3.56. The molecule has 2 heterocycles. The lowest BCUT2D eigenvalue weighted by Gasteiger charge is -2.32. The van der Waals surface area contributed by atoms with Crippen LogP contribution in [0.4, 0.5) is 0 Å². The van der Waals surface area contributed by atoms with Crippen LogP contribution in [0.1, 0.15) is 40.5 Å². The first kappa shape index (κ1) is 17.1. The Morgan fingerprint density at radius 3 is 1.96 bits per heavy atom. The number of carbonyl (C=O) groups excluding carboxylic acids is 4. The van der Waals surface area contributed by atoms with Crippen LogP contribution in [0.5, 0.6) is 0 Å². The largest absolute Gasteiger partial charge is 0.275 e. The maximum absolute atomic E-state index is 12.4. The first-order valence-corrected chi connectivity index (χ1v) is 7.83. The van der Waals surface area contributed by atoms with Crippen molar-refractivity contribution in [3.63, 3.8) is 0 Å². The second-order valence-corrected chi connectivity index (χ2v) is 6.40. The predicted molar refractivity (Wildman–Crippen MR) is 84.0 cm³/mol. The topological polar surface area (TPSA) is 74.8 Å². The summed E-state index contributed by atoms with van der Waals surface area (Å²) < 4.78 is 0. The predicted octanol–water partition coefficient (Wildman–Crippen LogP) is 1.42. The zero-order valence-corrected chi connectivity index (χ0v) is 14.0. The highest BCUT2D eigenvalue weighted by molar-refractivity contribution is 6.19. The van der Waals surface area contributed by atoms with E-state index < -0.39 is 5.41 Å². The average Bonchev–Trinajstić information content (AvgIpc) is 2.93. The van der Waals surface area contributed by atoms with Crippen LogP contribution < -0.4 is 0 Å². The highest BCUT2D eigenvalue weighted by Gasteiger charge is 2.40. The van der Waals surface area contributed by atoms with E-state index in [0.29, 0.717) is 30.5 Å². The van der Waals surface area contributed by atoms with E-state index in [-0.39, 0.29) is 30.2 Å². The van der Waals surface area contributed by atoms with Gasteiger partial charge in [-0.15, -0.1) is 0 Å². The van der Waals surface area contributed by atoms with Gasteiger partial charge in [0.1, 0.15) is 0 Å². The molecule has 2 rings (SSSR count). The molecule has 0 saturated carbocycles. The Labute approximate surface area is 135 Å². The summed E-state index contributed by atoms with van der Waals surface area (Å²) in [4.78, 5) is 50.5. The third-order valence-corrected chi connectivity index (χ3v) is 4.74. The van der Waals surface area contributed by atoms with Crippen LogP contribution >= 0.6 is 0 Å². The standard InChI is InChI=1S/C17H22N2O4/c1-5-17(4,10-19-13(20)7-8-14(19)21)9-12-11(3)15(22)18(6-2)16(12)23/h7-8H,5-6,9-10H2,1-4H3. The molecule has 4 amide bonds. The summed E-state index contributed by atoms with van der Waals surface area (Å²) in [6.45, 7) is 7.88. The molecule has 2 aliphatic heterocycles. The van der Waals surface area contributed by atoms with E-state index in [4.69, 9.17) is 0 Å². The minimum absolute atomic E-state index is 0.235. The van der Waals surface area contributed by atoms with Crippen molar-refractivity contribution >= 4 is 23.6 Å². The molecule has 0 N–H and O–H groups in total. The number of hydrogen-bond acceptors (Lipinski definition) is 4. The van der Waals surface area contributed by atoms with E-state index in [1.807, 2.05) is 13.8 Å². The van der Waals surface area contributed by atoms with Gasteiger partial charge in [-0.1, -0.05) is 13.8 Å². The second kappa shape index (κ2) is 6.10. The lowest BCUT2D eigenvalue weighted by molar-refractivity contribution is -0.139. The number of imide groups is 2. The van der Waals surface area contributed by atoms with Gasteiger partial charge in [-0.25, -0.2) is 0 Å². The summed E-state index contributed by atoms with van der Waals surface area (Å²) in [5.41, 5.74) is 0.509. The van der Waals surface area contributed by atoms with Gasteiger partial charge in [-0.2, -0.15) is 0 Å². The van der Waals surface area contributed by atoms with E-state index in [1.54, 1.807) is 13.8 Å². The molecular weight excluding hydrogens is 296 g/mol. The SMILES string of the molecule is CCN1C(=O)C(C)=C(CC(C)(CC)CN2C(=O)C=CC2=O)C1=O. The van der Waals surface area contributed by atoms with Crippen LogP contribution in [0.25, 0.3) is 0 Å². The van der Waals surface area contributed by atoms with E-state index in [1.165, 1.54) is 22.0 Å². The molecule has 6 heteroatoms. The number of amides is 4. The van der Waals surface area contributed by atoms with Gasteiger partial charge >= 0.3 is 0 Å². The number of carbonyl (C=O) groups is 4. The molecule has 0 radical (unpaired) electrons. The van der Waals surface area contributed by atoms with Crippen LogP contribution in [-0.4, -0.2) is 46.5 Å². The van der Waals surface area contributed by atoms with Crippen molar-refractivity contribution in [2.45, 2.75) is 40.5 Å². The quantitative estimate of drug-likeness (QED) is 0.694. The van der Waals surface area contributed by atoms with Gasteiger partial charge in [0.25, 0.3) is 23.6 Å². The fourth-order valence-corrected chi connectivity index (χ4v) is 2.93. The average molecular weight is 318 g/mol. The van der Waals surface area contributed by atoms with Gasteiger partial charge in [0.2, 0.25) is 0 Å². The molecule has 0 aliphatic carbocycles. The lowest BCUT2D eigenvalue weighted by Crippen LogP contribution is -2.40. The van der Waals surface area contributed by atoms with Crippen molar-refractivity contribution in [1.82, 2.24) is 9.80 Å². The Morgan fingerprint density at radius 1 is 0.957 bits per heavy atom. The van der Waals surface area contributed by atoms with Crippen molar-refractivity contribution in [3.8, 4) is 0 Å². The number of likely N-dealkylation sites (N-methyl/N-ethyl adjacent to an activating group) is 1. The highest BCUT2D eigenvalue weighted by Crippen LogP contribution is 2.36. The minimum Gasteiger partial charge on any atom is -0.275 e. The van der Waals surface area contributed by atoms with Gasteiger partial charge in [-0.05, 0) is 32.1 Å². The van der Waals surface area contributed by atoms with Gasteiger partial charge in [-0.3, -0.25) is 29.0 Å². The summed E-state index contributed by atoms with van der Waals surface area (Å²) in [5.74, 6) is -1.17. The Morgan fingerprint density at radius 2 is 1.52 bits per heavy atom. The third-order valence-electron chi connectivity index (χ3n) is 4.74. The van der Waals surface area contributed by atoms with Gasteiger partial charge in [0.05, 0.1) is 0 Å². The monoisotopic (exact) mass is 318 g/mol. The molecule has 0 aromatic heterocycles. The summed E-state index contributed by atoms with van der Waals surface area (Å²) in [6, 6.07) is 0. The van der Waals surface area contributed by atoms with Crippen molar-refractivity contribution < 1.29 is 19.2 Å². The molecule has 0 aromatic carbocycles. The van der Waals surface area contributed by atoms with Gasteiger partial charge < -0.3 is 0 Å². The molecule has 1 atom stereocenters. The zero-order chi connectivity index (χ0) is 17.4. The zero-order valence-electron chi connectivity index (χ0n) is 14.0. The smallest absolute Gasteiger partial charge is 0.257 e. The molecule has 0 bridgehead atoms. The normalized spacial score (nSPS) is 21.0. The molecule has 23 heavy (non-hydrogen) atoms. The number of rotatable bonds is 6.